The molecule has 2 atom stereocenters. The van der Waals surface area contributed by atoms with Gasteiger partial charge in [0.25, 0.3) is 0 Å². The Bertz CT molecular complexity index is 155. The smallest absolute Gasteiger partial charge is 0.0292 e. The van der Waals surface area contributed by atoms with Gasteiger partial charge in [0, 0.05) is 0 Å². The van der Waals surface area contributed by atoms with Gasteiger partial charge in [-0.3, -0.25) is 0 Å². The van der Waals surface area contributed by atoms with E-state index >= 15 is 0 Å². The van der Waals surface area contributed by atoms with Crippen LogP contribution < -0.4 is 0 Å². The van der Waals surface area contributed by atoms with Crippen molar-refractivity contribution in [2.45, 2.75) is 39.0 Å². The van der Waals surface area contributed by atoms with Crippen molar-refractivity contribution in [2.75, 3.05) is 0 Å². The number of allylic oxidation sites excluding steroid dienone is 2. The van der Waals surface area contributed by atoms with E-state index in [4.69, 9.17) is 0 Å². The Balaban J connectivity index is 2.08. The second kappa shape index (κ2) is 2.41. The van der Waals surface area contributed by atoms with Crippen molar-refractivity contribution in [3.8, 4) is 0 Å². The molecule has 0 radical (unpaired) electrons. The van der Waals surface area contributed by atoms with Gasteiger partial charge in [0.1, 0.15) is 0 Å². The molecule has 0 bridgehead atoms. The van der Waals surface area contributed by atoms with Gasteiger partial charge < -0.3 is 0 Å². The Hall–Kier alpha value is -0.260. The van der Waals surface area contributed by atoms with Gasteiger partial charge in [0.05, 0.1) is 0 Å². The molecular formula is C10H16. The fourth-order valence-corrected chi connectivity index (χ4v) is 2.54. The summed E-state index contributed by atoms with van der Waals surface area (Å²) in [5.41, 5.74) is 1.64. The van der Waals surface area contributed by atoms with Crippen molar-refractivity contribution >= 4 is 0 Å². The van der Waals surface area contributed by atoms with Gasteiger partial charge in [-0.1, -0.05) is 18.1 Å². The summed E-state index contributed by atoms with van der Waals surface area (Å²) in [5.74, 6) is 2.15. The Morgan fingerprint density at radius 2 is 2.10 bits per heavy atom. The van der Waals surface area contributed by atoms with Gasteiger partial charge in [-0.05, 0) is 44.4 Å². The number of hydrogen-bond acceptors (Lipinski definition) is 0. The third-order valence-corrected chi connectivity index (χ3v) is 3.17. The summed E-state index contributed by atoms with van der Waals surface area (Å²) >= 11 is 0. The van der Waals surface area contributed by atoms with Crippen molar-refractivity contribution in [3.05, 3.63) is 11.6 Å². The highest BCUT2D eigenvalue weighted by molar-refractivity contribution is 5.06. The van der Waals surface area contributed by atoms with Crippen LogP contribution in [0, 0.1) is 11.8 Å². The van der Waals surface area contributed by atoms with Crippen molar-refractivity contribution in [3.63, 3.8) is 0 Å². The second-order valence-corrected chi connectivity index (χ2v) is 3.94. The molecule has 2 aliphatic carbocycles. The lowest BCUT2D eigenvalue weighted by Crippen LogP contribution is -2.11. The molecule has 0 heterocycles. The van der Waals surface area contributed by atoms with Crippen LogP contribution in [0.1, 0.15) is 39.0 Å². The Morgan fingerprint density at radius 1 is 1.30 bits per heavy atom. The van der Waals surface area contributed by atoms with Gasteiger partial charge >= 0.3 is 0 Å². The lowest BCUT2D eigenvalue weighted by Gasteiger charge is -2.23. The van der Waals surface area contributed by atoms with Crippen molar-refractivity contribution in [2.24, 2.45) is 11.8 Å². The minimum atomic E-state index is 1.07. The van der Waals surface area contributed by atoms with E-state index in [2.05, 4.69) is 13.0 Å². The molecule has 0 spiro atoms. The standard InChI is InChI=1S/C10H16/c1-8-5-6-9-3-2-4-10(9)7-8/h5,9-10H,2-4,6-7H2,1H3. The summed E-state index contributed by atoms with van der Waals surface area (Å²) in [4.78, 5) is 0. The molecule has 0 aromatic heterocycles. The third kappa shape index (κ3) is 1.00. The molecule has 0 aromatic rings. The zero-order valence-corrected chi connectivity index (χ0v) is 6.77. The summed E-state index contributed by atoms with van der Waals surface area (Å²) in [7, 11) is 0. The van der Waals surface area contributed by atoms with Crippen molar-refractivity contribution < 1.29 is 0 Å². The molecule has 2 aliphatic rings. The van der Waals surface area contributed by atoms with Crippen molar-refractivity contribution in [1.82, 2.24) is 0 Å². The van der Waals surface area contributed by atoms with E-state index in [-0.39, 0.29) is 0 Å². The fraction of sp³-hybridized carbons (Fsp3) is 0.800. The minimum absolute atomic E-state index is 1.07. The predicted molar refractivity (Wildman–Crippen MR) is 43.8 cm³/mol. The number of hydrogen-bond donors (Lipinski definition) is 0. The summed E-state index contributed by atoms with van der Waals surface area (Å²) in [6, 6.07) is 0. The maximum absolute atomic E-state index is 2.45. The lowest BCUT2D eigenvalue weighted by atomic mass is 9.83. The normalized spacial score (nSPS) is 39.1. The van der Waals surface area contributed by atoms with E-state index in [9.17, 15) is 0 Å². The SMILES string of the molecule is CC1=CCC2CCCC2C1. The first-order valence-electron chi connectivity index (χ1n) is 4.52. The molecule has 2 rings (SSSR count). The first kappa shape index (κ1) is 6.45. The first-order chi connectivity index (χ1) is 4.86. The molecule has 56 valence electrons. The van der Waals surface area contributed by atoms with Crippen molar-refractivity contribution in [1.29, 1.82) is 0 Å². The highest BCUT2D eigenvalue weighted by Gasteiger charge is 2.28. The molecule has 1 saturated carbocycles. The van der Waals surface area contributed by atoms with Gasteiger partial charge in [-0.2, -0.15) is 0 Å². The second-order valence-electron chi connectivity index (χ2n) is 3.94. The van der Waals surface area contributed by atoms with Crippen LogP contribution in [0.2, 0.25) is 0 Å². The van der Waals surface area contributed by atoms with Crippen LogP contribution in [0.4, 0.5) is 0 Å². The van der Waals surface area contributed by atoms with Crippen LogP contribution in [0.3, 0.4) is 0 Å². The van der Waals surface area contributed by atoms with E-state index in [1.54, 1.807) is 5.57 Å². The maximum atomic E-state index is 2.45. The van der Waals surface area contributed by atoms with Gasteiger partial charge in [-0.15, -0.1) is 0 Å². The molecule has 0 N–H and O–H groups in total. The van der Waals surface area contributed by atoms with Gasteiger partial charge in [-0.25, -0.2) is 0 Å². The number of fused-ring (bicyclic) bond motifs is 1. The van der Waals surface area contributed by atoms with Crippen LogP contribution in [-0.2, 0) is 0 Å². The Morgan fingerprint density at radius 3 is 3.00 bits per heavy atom. The monoisotopic (exact) mass is 136 g/mol. The lowest BCUT2D eigenvalue weighted by molar-refractivity contribution is 0.369. The summed E-state index contributed by atoms with van der Waals surface area (Å²) in [6.45, 7) is 2.29. The highest BCUT2D eigenvalue weighted by atomic mass is 14.3. The summed E-state index contributed by atoms with van der Waals surface area (Å²) < 4.78 is 0. The predicted octanol–water partition coefficient (Wildman–Crippen LogP) is 3.14. The highest BCUT2D eigenvalue weighted by Crippen LogP contribution is 2.41. The molecular weight excluding hydrogens is 120 g/mol. The molecule has 2 unspecified atom stereocenters. The molecule has 0 saturated heterocycles. The Labute approximate surface area is 63.3 Å². The van der Waals surface area contributed by atoms with Crippen LogP contribution in [0.25, 0.3) is 0 Å². The molecule has 0 aromatic carbocycles. The molecule has 0 nitrogen and oxygen atoms in total. The maximum Gasteiger partial charge on any atom is -0.0292 e. The molecule has 10 heavy (non-hydrogen) atoms. The summed E-state index contributed by atoms with van der Waals surface area (Å²) in [5, 5.41) is 0. The van der Waals surface area contributed by atoms with Gasteiger partial charge in [0.2, 0.25) is 0 Å². The quantitative estimate of drug-likeness (QED) is 0.449. The number of rotatable bonds is 0. The first-order valence-corrected chi connectivity index (χ1v) is 4.52. The van der Waals surface area contributed by atoms with Crippen LogP contribution in [-0.4, -0.2) is 0 Å². The Kier molecular flexibility index (Phi) is 1.55. The molecule has 0 heteroatoms. The van der Waals surface area contributed by atoms with E-state index < -0.39 is 0 Å². The molecule has 0 aliphatic heterocycles. The molecule has 1 fully saturated rings. The van der Waals surface area contributed by atoms with E-state index in [1.807, 2.05) is 0 Å². The topological polar surface area (TPSA) is 0 Å². The fourth-order valence-electron chi connectivity index (χ4n) is 2.54. The van der Waals surface area contributed by atoms with E-state index in [0.29, 0.717) is 0 Å². The molecule has 0 amide bonds. The van der Waals surface area contributed by atoms with E-state index in [1.165, 1.54) is 32.1 Å². The average molecular weight is 136 g/mol. The zero-order valence-electron chi connectivity index (χ0n) is 6.77. The van der Waals surface area contributed by atoms with Crippen LogP contribution in [0.5, 0.6) is 0 Å². The van der Waals surface area contributed by atoms with E-state index in [0.717, 1.165) is 11.8 Å². The summed E-state index contributed by atoms with van der Waals surface area (Å²) in [6.07, 6.45) is 9.76. The van der Waals surface area contributed by atoms with Crippen LogP contribution >= 0.6 is 0 Å². The largest absolute Gasteiger partial charge is 0.0853 e. The zero-order chi connectivity index (χ0) is 6.97. The average Bonchev–Trinajstić information content (AvgIpc) is 2.33. The van der Waals surface area contributed by atoms with Crippen LogP contribution in [0.15, 0.2) is 11.6 Å². The third-order valence-electron chi connectivity index (χ3n) is 3.17. The van der Waals surface area contributed by atoms with Gasteiger partial charge in [0.15, 0.2) is 0 Å². The minimum Gasteiger partial charge on any atom is -0.0853 e.